The second-order valence-electron chi connectivity index (χ2n) is 5.61. The van der Waals surface area contributed by atoms with Gasteiger partial charge in [-0.25, -0.2) is 0 Å². The third-order valence-electron chi connectivity index (χ3n) is 3.79. The van der Waals surface area contributed by atoms with Crippen molar-refractivity contribution in [2.75, 3.05) is 13.6 Å². The van der Waals surface area contributed by atoms with Gasteiger partial charge < -0.3 is 10.2 Å². The number of rotatable bonds is 7. The molecule has 0 unspecified atom stereocenters. The Morgan fingerprint density at radius 3 is 2.59 bits per heavy atom. The minimum atomic E-state index is -4.39. The maximum Gasteiger partial charge on any atom is 0.416 e. The van der Waals surface area contributed by atoms with Gasteiger partial charge in [-0.15, -0.1) is 0 Å². The van der Waals surface area contributed by atoms with Gasteiger partial charge in [0.05, 0.1) is 5.56 Å². The molecule has 0 atom stereocenters. The smallest absolute Gasteiger partial charge is 0.335 e. The fraction of sp³-hybridized carbons (Fsp3) is 0.562. The minimum Gasteiger partial charge on any atom is -0.335 e. The Morgan fingerprint density at radius 1 is 1.32 bits per heavy atom. The summed E-state index contributed by atoms with van der Waals surface area (Å²) in [5, 5.41) is 2.97. The van der Waals surface area contributed by atoms with E-state index in [0.717, 1.165) is 25.5 Å². The highest BCUT2D eigenvalue weighted by molar-refractivity contribution is 5.77. The van der Waals surface area contributed by atoms with Crippen LogP contribution < -0.4 is 5.32 Å². The average Bonchev–Trinajstić information content (AvgIpc) is 3.28. The Balaban J connectivity index is 2.10. The van der Waals surface area contributed by atoms with E-state index in [-0.39, 0.29) is 24.1 Å². The zero-order valence-electron chi connectivity index (χ0n) is 12.6. The van der Waals surface area contributed by atoms with E-state index in [1.807, 2.05) is 7.05 Å². The molecule has 2 rings (SSSR count). The van der Waals surface area contributed by atoms with E-state index in [0.29, 0.717) is 12.8 Å². The van der Waals surface area contributed by atoms with Gasteiger partial charge in [0.1, 0.15) is 0 Å². The monoisotopic (exact) mass is 314 g/mol. The van der Waals surface area contributed by atoms with Gasteiger partial charge >= 0.3 is 6.18 Å². The number of hydrogen-bond acceptors (Lipinski definition) is 2. The van der Waals surface area contributed by atoms with Crippen LogP contribution in [0, 0.1) is 0 Å². The molecule has 1 aromatic carbocycles. The molecule has 6 heteroatoms. The average molecular weight is 314 g/mol. The lowest BCUT2D eigenvalue weighted by molar-refractivity contribution is -0.140. The molecule has 0 aliphatic heterocycles. The predicted octanol–water partition coefficient (Wildman–Crippen LogP) is 3.20. The highest BCUT2D eigenvalue weighted by Gasteiger charge is 2.36. The van der Waals surface area contributed by atoms with Gasteiger partial charge in [0.15, 0.2) is 0 Å². The number of carbonyl (C=O) groups is 1. The van der Waals surface area contributed by atoms with Crippen LogP contribution in [0.25, 0.3) is 0 Å². The lowest BCUT2D eigenvalue weighted by Gasteiger charge is -2.24. The molecule has 0 heterocycles. The Labute approximate surface area is 128 Å². The minimum absolute atomic E-state index is 0.0404. The van der Waals surface area contributed by atoms with E-state index in [4.69, 9.17) is 0 Å². The normalized spacial score (nSPS) is 14.9. The summed E-state index contributed by atoms with van der Waals surface area (Å²) in [5.41, 5.74) is -0.479. The third-order valence-corrected chi connectivity index (χ3v) is 3.79. The number of benzene rings is 1. The molecule has 0 radical (unpaired) electrons. The topological polar surface area (TPSA) is 32.3 Å². The first kappa shape index (κ1) is 16.8. The standard InChI is InChI=1S/C16H21F3N2O/c1-20-10-4-7-15(22)21(13-8-9-13)11-12-5-2-3-6-14(12)16(17,18)19/h2-3,5-6,13,20H,4,7-11H2,1H3. The zero-order valence-corrected chi connectivity index (χ0v) is 12.6. The summed E-state index contributed by atoms with van der Waals surface area (Å²) in [7, 11) is 1.81. The Bertz CT molecular complexity index is 512. The second kappa shape index (κ2) is 7.13. The van der Waals surface area contributed by atoms with Gasteiger partial charge in [-0.1, -0.05) is 18.2 Å². The number of hydrogen-bond donors (Lipinski definition) is 1. The summed E-state index contributed by atoms with van der Waals surface area (Å²) >= 11 is 0. The van der Waals surface area contributed by atoms with E-state index in [2.05, 4.69) is 5.32 Å². The molecule has 0 saturated heterocycles. The fourth-order valence-corrected chi connectivity index (χ4v) is 2.49. The van der Waals surface area contributed by atoms with Crippen molar-refractivity contribution in [1.82, 2.24) is 10.2 Å². The van der Waals surface area contributed by atoms with Crippen LogP contribution >= 0.6 is 0 Å². The Hall–Kier alpha value is -1.56. The molecule has 1 N–H and O–H groups in total. The molecular formula is C16H21F3N2O. The van der Waals surface area contributed by atoms with Crippen molar-refractivity contribution in [3.05, 3.63) is 35.4 Å². The van der Waals surface area contributed by atoms with Crippen molar-refractivity contribution in [1.29, 1.82) is 0 Å². The maximum atomic E-state index is 13.1. The van der Waals surface area contributed by atoms with Crippen LogP contribution in [-0.4, -0.2) is 30.4 Å². The van der Waals surface area contributed by atoms with Crippen LogP contribution in [0.2, 0.25) is 0 Å². The van der Waals surface area contributed by atoms with Crippen LogP contribution in [-0.2, 0) is 17.5 Å². The molecule has 1 amide bonds. The Kier molecular flexibility index (Phi) is 5.45. The summed E-state index contributed by atoms with van der Waals surface area (Å²) in [6, 6.07) is 5.60. The molecule has 122 valence electrons. The first-order chi connectivity index (χ1) is 10.4. The number of halogens is 3. The van der Waals surface area contributed by atoms with Gasteiger partial charge in [-0.2, -0.15) is 13.2 Å². The predicted molar refractivity (Wildman–Crippen MR) is 78.2 cm³/mol. The van der Waals surface area contributed by atoms with Crippen LogP contribution in [0.4, 0.5) is 13.2 Å². The van der Waals surface area contributed by atoms with E-state index in [1.54, 1.807) is 11.0 Å². The molecule has 22 heavy (non-hydrogen) atoms. The van der Waals surface area contributed by atoms with Crippen LogP contribution in [0.1, 0.15) is 36.8 Å². The number of nitrogens with zero attached hydrogens (tertiary/aromatic N) is 1. The van der Waals surface area contributed by atoms with Crippen LogP contribution in [0.15, 0.2) is 24.3 Å². The third kappa shape index (κ3) is 4.47. The summed E-state index contributed by atoms with van der Waals surface area (Å²) < 4.78 is 39.2. The van der Waals surface area contributed by atoms with Crippen molar-refractivity contribution in [2.24, 2.45) is 0 Å². The SMILES string of the molecule is CNCCCC(=O)N(Cc1ccccc1C(F)(F)F)C1CC1. The van der Waals surface area contributed by atoms with Crippen molar-refractivity contribution < 1.29 is 18.0 Å². The van der Waals surface area contributed by atoms with Gasteiger partial charge in [0.2, 0.25) is 5.91 Å². The lowest BCUT2D eigenvalue weighted by Crippen LogP contribution is -2.33. The summed E-state index contributed by atoms with van der Waals surface area (Å²) in [6.07, 6.45) is -1.57. The molecule has 1 aliphatic rings. The molecule has 0 aromatic heterocycles. The molecule has 0 spiro atoms. The van der Waals surface area contributed by atoms with Crippen molar-refractivity contribution in [2.45, 2.75) is 44.4 Å². The van der Waals surface area contributed by atoms with E-state index in [9.17, 15) is 18.0 Å². The molecule has 1 aromatic rings. The molecule has 0 bridgehead atoms. The maximum absolute atomic E-state index is 13.1. The highest BCUT2D eigenvalue weighted by Crippen LogP contribution is 2.35. The van der Waals surface area contributed by atoms with Crippen molar-refractivity contribution in [3.8, 4) is 0 Å². The second-order valence-corrected chi connectivity index (χ2v) is 5.61. The summed E-state index contributed by atoms with van der Waals surface area (Å²) in [6.45, 7) is 0.766. The van der Waals surface area contributed by atoms with E-state index >= 15 is 0 Å². The van der Waals surface area contributed by atoms with Gasteiger partial charge in [0.25, 0.3) is 0 Å². The van der Waals surface area contributed by atoms with Crippen molar-refractivity contribution >= 4 is 5.91 Å². The molecular weight excluding hydrogens is 293 g/mol. The van der Waals surface area contributed by atoms with Gasteiger partial charge in [-0.3, -0.25) is 4.79 Å². The quantitative estimate of drug-likeness (QED) is 0.784. The van der Waals surface area contributed by atoms with Crippen LogP contribution in [0.3, 0.4) is 0 Å². The largest absolute Gasteiger partial charge is 0.416 e. The van der Waals surface area contributed by atoms with Crippen LogP contribution in [0.5, 0.6) is 0 Å². The first-order valence-electron chi connectivity index (χ1n) is 7.52. The highest BCUT2D eigenvalue weighted by atomic mass is 19.4. The fourth-order valence-electron chi connectivity index (χ4n) is 2.49. The van der Waals surface area contributed by atoms with Gasteiger partial charge in [-0.05, 0) is 44.5 Å². The summed E-state index contributed by atoms with van der Waals surface area (Å²) in [4.78, 5) is 13.9. The number of alkyl halides is 3. The molecule has 1 fully saturated rings. The molecule has 1 saturated carbocycles. The number of amides is 1. The van der Waals surface area contributed by atoms with E-state index in [1.165, 1.54) is 12.1 Å². The van der Waals surface area contributed by atoms with Crippen molar-refractivity contribution in [3.63, 3.8) is 0 Å². The van der Waals surface area contributed by atoms with E-state index < -0.39 is 11.7 Å². The zero-order chi connectivity index (χ0) is 16.2. The summed E-state index contributed by atoms with van der Waals surface area (Å²) in [5.74, 6) is -0.0604. The number of nitrogens with one attached hydrogen (secondary N) is 1. The first-order valence-corrected chi connectivity index (χ1v) is 7.52. The Morgan fingerprint density at radius 2 is 2.00 bits per heavy atom. The lowest BCUT2D eigenvalue weighted by atomic mass is 10.1. The molecule has 3 nitrogen and oxygen atoms in total. The number of carbonyl (C=O) groups excluding carboxylic acids is 1. The molecule has 1 aliphatic carbocycles. The van der Waals surface area contributed by atoms with Gasteiger partial charge in [0, 0.05) is 19.0 Å².